The second kappa shape index (κ2) is 8.64. The van der Waals surface area contributed by atoms with Gasteiger partial charge in [0.05, 0.1) is 18.1 Å². The lowest BCUT2D eigenvalue weighted by molar-refractivity contribution is -0.384. The molecule has 1 saturated heterocycles. The van der Waals surface area contributed by atoms with Crippen LogP contribution in [0.2, 0.25) is 0 Å². The molecule has 0 saturated carbocycles. The van der Waals surface area contributed by atoms with Crippen molar-refractivity contribution in [3.63, 3.8) is 0 Å². The van der Waals surface area contributed by atoms with Crippen LogP contribution < -0.4 is 10.2 Å². The Kier molecular flexibility index (Phi) is 6.03. The van der Waals surface area contributed by atoms with Gasteiger partial charge in [0, 0.05) is 30.4 Å². The van der Waals surface area contributed by atoms with Crippen molar-refractivity contribution >= 4 is 23.0 Å². The number of morpholine rings is 1. The number of rotatable bonds is 6. The molecule has 1 N–H and O–H groups in total. The van der Waals surface area contributed by atoms with Crippen molar-refractivity contribution in [3.05, 3.63) is 63.7 Å². The standard InChI is InChI=1S/C20H23N3O4/c1-2-3-15-4-7-17(8-5-15)21-20(24)16-6-9-18(19(14-16)23(25)26)22-10-12-27-13-11-22/h4-9,14H,2-3,10-13H2,1H3,(H,21,24). The molecule has 27 heavy (non-hydrogen) atoms. The number of nitro benzene ring substituents is 1. The molecule has 1 heterocycles. The zero-order valence-electron chi connectivity index (χ0n) is 15.3. The van der Waals surface area contributed by atoms with Crippen molar-refractivity contribution in [2.24, 2.45) is 0 Å². The fourth-order valence-electron chi connectivity index (χ4n) is 3.13. The highest BCUT2D eigenvalue weighted by molar-refractivity contribution is 6.05. The molecular weight excluding hydrogens is 346 g/mol. The minimum atomic E-state index is -0.443. The number of nitrogens with one attached hydrogen (secondary N) is 1. The van der Waals surface area contributed by atoms with Gasteiger partial charge in [-0.3, -0.25) is 14.9 Å². The summed E-state index contributed by atoms with van der Waals surface area (Å²) in [7, 11) is 0. The Morgan fingerprint density at radius 1 is 1.19 bits per heavy atom. The summed E-state index contributed by atoms with van der Waals surface area (Å²) in [5.41, 5.74) is 2.59. The van der Waals surface area contributed by atoms with Gasteiger partial charge < -0.3 is 15.0 Å². The first-order valence-corrected chi connectivity index (χ1v) is 9.10. The van der Waals surface area contributed by atoms with E-state index in [-0.39, 0.29) is 17.2 Å². The van der Waals surface area contributed by atoms with Gasteiger partial charge >= 0.3 is 0 Å². The number of benzene rings is 2. The monoisotopic (exact) mass is 369 g/mol. The molecule has 0 bridgehead atoms. The number of carbonyl (C=O) groups is 1. The molecule has 3 rings (SSSR count). The molecule has 1 aliphatic rings. The highest BCUT2D eigenvalue weighted by atomic mass is 16.6. The molecule has 7 nitrogen and oxygen atoms in total. The maximum atomic E-state index is 12.5. The zero-order chi connectivity index (χ0) is 19.2. The maximum absolute atomic E-state index is 12.5. The van der Waals surface area contributed by atoms with Crippen molar-refractivity contribution in [2.45, 2.75) is 19.8 Å². The van der Waals surface area contributed by atoms with Crippen molar-refractivity contribution in [1.29, 1.82) is 0 Å². The van der Waals surface area contributed by atoms with Gasteiger partial charge in [0.2, 0.25) is 0 Å². The first-order chi connectivity index (χ1) is 13.1. The van der Waals surface area contributed by atoms with Gasteiger partial charge in [0.15, 0.2) is 0 Å². The van der Waals surface area contributed by atoms with Crippen LogP contribution in [0.15, 0.2) is 42.5 Å². The molecule has 1 amide bonds. The third-order valence-corrected chi connectivity index (χ3v) is 4.54. The molecule has 0 spiro atoms. The molecule has 1 fully saturated rings. The number of aryl methyl sites for hydroxylation is 1. The lowest BCUT2D eigenvalue weighted by atomic mass is 10.1. The summed E-state index contributed by atoms with van der Waals surface area (Å²) in [5, 5.41) is 14.3. The highest BCUT2D eigenvalue weighted by Gasteiger charge is 2.23. The van der Waals surface area contributed by atoms with Crippen LogP contribution in [0.3, 0.4) is 0 Å². The van der Waals surface area contributed by atoms with E-state index in [9.17, 15) is 14.9 Å². The van der Waals surface area contributed by atoms with Crippen molar-refractivity contribution in [2.75, 3.05) is 36.5 Å². The van der Waals surface area contributed by atoms with Crippen LogP contribution in [0.1, 0.15) is 29.3 Å². The van der Waals surface area contributed by atoms with Crippen LogP contribution in [0.5, 0.6) is 0 Å². The third-order valence-electron chi connectivity index (χ3n) is 4.54. The Labute approximate surface area is 158 Å². The predicted molar refractivity (Wildman–Crippen MR) is 105 cm³/mol. The fraction of sp³-hybridized carbons (Fsp3) is 0.350. The Morgan fingerprint density at radius 3 is 2.52 bits per heavy atom. The fourth-order valence-corrected chi connectivity index (χ4v) is 3.13. The van der Waals surface area contributed by atoms with Crippen LogP contribution in [0.4, 0.5) is 17.1 Å². The van der Waals surface area contributed by atoms with Gasteiger partial charge in [0.25, 0.3) is 11.6 Å². The Morgan fingerprint density at radius 2 is 1.89 bits per heavy atom. The van der Waals surface area contributed by atoms with E-state index in [1.165, 1.54) is 11.6 Å². The molecule has 2 aromatic rings. The molecule has 0 radical (unpaired) electrons. The average molecular weight is 369 g/mol. The smallest absolute Gasteiger partial charge is 0.293 e. The van der Waals surface area contributed by atoms with Crippen LogP contribution in [-0.2, 0) is 11.2 Å². The summed E-state index contributed by atoms with van der Waals surface area (Å²) in [4.78, 5) is 25.5. The van der Waals surface area contributed by atoms with Gasteiger partial charge in [-0.05, 0) is 36.2 Å². The molecule has 0 aliphatic carbocycles. The molecule has 0 unspecified atom stereocenters. The average Bonchev–Trinajstić information content (AvgIpc) is 2.70. The quantitative estimate of drug-likeness (QED) is 0.621. The molecular formula is C20H23N3O4. The molecule has 0 atom stereocenters. The topological polar surface area (TPSA) is 84.7 Å². The summed E-state index contributed by atoms with van der Waals surface area (Å²) < 4.78 is 5.30. The van der Waals surface area contributed by atoms with Gasteiger partial charge in [-0.2, -0.15) is 0 Å². The summed E-state index contributed by atoms with van der Waals surface area (Å²) in [6.45, 7) is 4.37. The molecule has 0 aromatic heterocycles. The number of nitrogens with zero attached hydrogens (tertiary/aromatic N) is 2. The van der Waals surface area contributed by atoms with E-state index in [4.69, 9.17) is 4.74 Å². The highest BCUT2D eigenvalue weighted by Crippen LogP contribution is 2.30. The Bertz CT molecular complexity index is 814. The van der Waals surface area contributed by atoms with Crippen LogP contribution in [0.25, 0.3) is 0 Å². The number of amides is 1. The largest absolute Gasteiger partial charge is 0.378 e. The molecule has 7 heteroatoms. The second-order valence-corrected chi connectivity index (χ2v) is 6.46. The summed E-state index contributed by atoms with van der Waals surface area (Å²) in [6.07, 6.45) is 2.05. The zero-order valence-corrected chi connectivity index (χ0v) is 15.3. The minimum absolute atomic E-state index is 0.0668. The van der Waals surface area contributed by atoms with Crippen LogP contribution >= 0.6 is 0 Å². The lowest BCUT2D eigenvalue weighted by Crippen LogP contribution is -2.36. The number of hydrogen-bond donors (Lipinski definition) is 1. The van der Waals surface area contributed by atoms with Gasteiger partial charge in [-0.25, -0.2) is 0 Å². The van der Waals surface area contributed by atoms with Crippen LogP contribution in [-0.4, -0.2) is 37.1 Å². The SMILES string of the molecule is CCCc1ccc(NC(=O)c2ccc(N3CCOCC3)c([N+](=O)[O-])c2)cc1. The van der Waals surface area contributed by atoms with E-state index in [2.05, 4.69) is 12.2 Å². The van der Waals surface area contributed by atoms with E-state index < -0.39 is 4.92 Å². The Balaban J connectivity index is 1.78. The van der Waals surface area contributed by atoms with Gasteiger partial charge in [-0.1, -0.05) is 25.5 Å². The van der Waals surface area contributed by atoms with E-state index in [0.717, 1.165) is 12.8 Å². The first kappa shape index (κ1) is 18.8. The molecule has 142 valence electrons. The van der Waals surface area contributed by atoms with Crippen molar-refractivity contribution < 1.29 is 14.5 Å². The predicted octanol–water partition coefficient (Wildman–Crippen LogP) is 3.64. The molecule has 1 aliphatic heterocycles. The first-order valence-electron chi connectivity index (χ1n) is 9.10. The van der Waals surface area contributed by atoms with Gasteiger partial charge in [0.1, 0.15) is 5.69 Å². The summed E-state index contributed by atoms with van der Waals surface area (Å²) in [6, 6.07) is 12.2. The van der Waals surface area contributed by atoms with Crippen molar-refractivity contribution in [3.8, 4) is 0 Å². The van der Waals surface area contributed by atoms with Crippen LogP contribution in [0, 0.1) is 10.1 Å². The molecule has 2 aromatic carbocycles. The normalized spacial score (nSPS) is 14.0. The third kappa shape index (κ3) is 4.62. The van der Waals surface area contributed by atoms with Crippen molar-refractivity contribution in [1.82, 2.24) is 0 Å². The summed E-state index contributed by atoms with van der Waals surface area (Å²) >= 11 is 0. The Hall–Kier alpha value is -2.93. The number of hydrogen-bond acceptors (Lipinski definition) is 5. The van der Waals surface area contributed by atoms with Gasteiger partial charge in [-0.15, -0.1) is 0 Å². The number of ether oxygens (including phenoxy) is 1. The lowest BCUT2D eigenvalue weighted by Gasteiger charge is -2.28. The van der Waals surface area contributed by atoms with E-state index >= 15 is 0 Å². The number of carbonyl (C=O) groups excluding carboxylic acids is 1. The minimum Gasteiger partial charge on any atom is -0.378 e. The number of anilines is 2. The van der Waals surface area contributed by atoms with E-state index in [1.807, 2.05) is 29.2 Å². The number of nitro groups is 1. The van der Waals surface area contributed by atoms with E-state index in [1.54, 1.807) is 12.1 Å². The van der Waals surface area contributed by atoms with E-state index in [0.29, 0.717) is 37.7 Å². The summed E-state index contributed by atoms with van der Waals surface area (Å²) in [5.74, 6) is -0.366. The second-order valence-electron chi connectivity index (χ2n) is 6.46. The maximum Gasteiger partial charge on any atom is 0.293 e.